The van der Waals surface area contributed by atoms with Gasteiger partial charge >= 0.3 is 3.92 Å². The number of hydrogen-bond acceptors (Lipinski definition) is 2. The number of thioether (sulfide) groups is 1. The van der Waals surface area contributed by atoms with E-state index in [1.54, 1.807) is 0 Å². The van der Waals surface area contributed by atoms with E-state index in [1.807, 2.05) is 6.07 Å². The molecular formula is C6H3Cl2FN2S. The van der Waals surface area contributed by atoms with E-state index in [-0.39, 0.29) is 0 Å². The number of alkyl halides is 3. The third kappa shape index (κ3) is 2.59. The van der Waals surface area contributed by atoms with Crippen LogP contribution in [-0.4, -0.2) is 8.90 Å². The molecule has 1 N–H and O–H groups in total. The van der Waals surface area contributed by atoms with Crippen molar-refractivity contribution < 1.29 is 4.39 Å². The average molecular weight is 225 g/mol. The van der Waals surface area contributed by atoms with E-state index in [0.717, 1.165) is 0 Å². The fraction of sp³-hybridized carbons (Fsp3) is 0.167. The van der Waals surface area contributed by atoms with Gasteiger partial charge in [-0.2, -0.15) is 9.65 Å². The maximum absolute atomic E-state index is 12.6. The highest BCUT2D eigenvalue weighted by molar-refractivity contribution is 8.03. The molecule has 0 saturated carbocycles. The number of nitrogens with one attached hydrogen (secondary N) is 1. The van der Waals surface area contributed by atoms with Crippen molar-refractivity contribution in [3.05, 3.63) is 18.0 Å². The Labute approximate surface area is 82.7 Å². The van der Waals surface area contributed by atoms with Crippen molar-refractivity contribution in [2.45, 2.75) is 8.81 Å². The first kappa shape index (κ1) is 9.72. The van der Waals surface area contributed by atoms with Gasteiger partial charge in [-0.25, -0.2) is 0 Å². The van der Waals surface area contributed by atoms with Crippen LogP contribution in [0.5, 0.6) is 0 Å². The molecule has 0 amide bonds. The lowest BCUT2D eigenvalue weighted by molar-refractivity contribution is 0.516. The molecule has 0 aliphatic rings. The zero-order chi connectivity index (χ0) is 9.19. The molecule has 6 heteroatoms. The van der Waals surface area contributed by atoms with Gasteiger partial charge in [-0.15, -0.1) is 0 Å². The van der Waals surface area contributed by atoms with E-state index in [0.29, 0.717) is 22.2 Å². The van der Waals surface area contributed by atoms with Crippen LogP contribution in [0.1, 0.15) is 5.56 Å². The van der Waals surface area contributed by atoms with Crippen LogP contribution in [0.2, 0.25) is 0 Å². The third-order valence-electron chi connectivity index (χ3n) is 1.05. The molecule has 1 aromatic rings. The predicted molar refractivity (Wildman–Crippen MR) is 46.9 cm³/mol. The number of H-pyrrole nitrogens is 1. The standard InChI is InChI=1S/C6H3Cl2FN2S/c7-6(8,9)12-5-3-11-2-4(5)1-10/h2-3,11H. The van der Waals surface area contributed by atoms with Crippen LogP contribution in [0.25, 0.3) is 0 Å². The zero-order valence-corrected chi connectivity index (χ0v) is 7.97. The minimum absolute atomic E-state index is 0.323. The Morgan fingerprint density at radius 3 is 2.75 bits per heavy atom. The molecule has 0 atom stereocenters. The summed E-state index contributed by atoms with van der Waals surface area (Å²) in [7, 11) is 0. The van der Waals surface area contributed by atoms with E-state index in [2.05, 4.69) is 4.98 Å². The lowest BCUT2D eigenvalue weighted by Crippen LogP contribution is -1.94. The SMILES string of the molecule is N#Cc1c[nH]cc1SC(F)(Cl)Cl. The molecule has 2 nitrogen and oxygen atoms in total. The smallest absolute Gasteiger partial charge is 0.309 e. The van der Waals surface area contributed by atoms with Gasteiger partial charge in [-0.05, 0) is 11.8 Å². The van der Waals surface area contributed by atoms with Crippen molar-refractivity contribution in [1.82, 2.24) is 4.98 Å². The van der Waals surface area contributed by atoms with Gasteiger partial charge in [0.2, 0.25) is 0 Å². The molecule has 1 heterocycles. The van der Waals surface area contributed by atoms with Crippen LogP contribution >= 0.6 is 35.0 Å². The maximum atomic E-state index is 12.6. The van der Waals surface area contributed by atoms with Gasteiger partial charge in [0, 0.05) is 17.3 Å². The van der Waals surface area contributed by atoms with Crippen LogP contribution in [-0.2, 0) is 0 Å². The van der Waals surface area contributed by atoms with E-state index < -0.39 is 3.92 Å². The molecule has 0 bridgehead atoms. The monoisotopic (exact) mass is 224 g/mol. The maximum Gasteiger partial charge on any atom is 0.309 e. The summed E-state index contributed by atoms with van der Waals surface area (Å²) in [5.74, 6) is 0. The highest BCUT2D eigenvalue weighted by Gasteiger charge is 2.25. The van der Waals surface area contributed by atoms with Crippen molar-refractivity contribution in [3.63, 3.8) is 0 Å². The molecule has 0 spiro atoms. The summed E-state index contributed by atoms with van der Waals surface area (Å²) in [6, 6.07) is 1.86. The summed E-state index contributed by atoms with van der Waals surface area (Å²) in [5.41, 5.74) is 0.323. The topological polar surface area (TPSA) is 39.6 Å². The first-order valence-electron chi connectivity index (χ1n) is 2.85. The van der Waals surface area contributed by atoms with Gasteiger partial charge in [0.25, 0.3) is 0 Å². The van der Waals surface area contributed by atoms with E-state index in [1.165, 1.54) is 12.4 Å². The predicted octanol–water partition coefficient (Wildman–Crippen LogP) is 3.04. The second-order valence-electron chi connectivity index (χ2n) is 1.89. The Morgan fingerprint density at radius 1 is 1.58 bits per heavy atom. The molecule has 12 heavy (non-hydrogen) atoms. The minimum Gasteiger partial charge on any atom is -0.365 e. The van der Waals surface area contributed by atoms with Crippen molar-refractivity contribution in [2.75, 3.05) is 0 Å². The molecule has 64 valence electrons. The number of hydrogen-bond donors (Lipinski definition) is 1. The molecule has 1 aromatic heterocycles. The summed E-state index contributed by atoms with van der Waals surface area (Å²) in [6.07, 6.45) is 2.91. The number of nitrogens with zero attached hydrogens (tertiary/aromatic N) is 1. The fourth-order valence-electron chi connectivity index (χ4n) is 0.646. The van der Waals surface area contributed by atoms with Crippen LogP contribution in [0.3, 0.4) is 0 Å². The Bertz CT molecular complexity index is 312. The number of aromatic amines is 1. The van der Waals surface area contributed by atoms with Gasteiger partial charge in [0.05, 0.1) is 5.56 Å². The fourth-order valence-corrected chi connectivity index (χ4v) is 1.74. The molecule has 0 aliphatic heterocycles. The molecule has 0 aliphatic carbocycles. The van der Waals surface area contributed by atoms with Crippen molar-refractivity contribution >= 4 is 35.0 Å². The van der Waals surface area contributed by atoms with E-state index in [9.17, 15) is 4.39 Å². The van der Waals surface area contributed by atoms with E-state index in [4.69, 9.17) is 28.5 Å². The summed E-state index contributed by atoms with van der Waals surface area (Å²) >= 11 is 10.8. The van der Waals surface area contributed by atoms with Gasteiger partial charge < -0.3 is 4.98 Å². The zero-order valence-electron chi connectivity index (χ0n) is 5.64. The molecule has 0 aromatic carbocycles. The Balaban J connectivity index is 2.84. The first-order chi connectivity index (χ1) is 5.53. The third-order valence-corrected chi connectivity index (χ3v) is 2.31. The van der Waals surface area contributed by atoms with E-state index >= 15 is 0 Å². The quantitative estimate of drug-likeness (QED) is 0.620. The van der Waals surface area contributed by atoms with Crippen LogP contribution in [0.15, 0.2) is 17.3 Å². The summed E-state index contributed by atoms with van der Waals surface area (Å²) < 4.78 is 10.2. The first-order valence-corrected chi connectivity index (χ1v) is 4.43. The largest absolute Gasteiger partial charge is 0.365 e. The van der Waals surface area contributed by atoms with Crippen LogP contribution < -0.4 is 0 Å². The number of aromatic nitrogens is 1. The Kier molecular flexibility index (Phi) is 2.89. The lowest BCUT2D eigenvalue weighted by Gasteiger charge is -2.05. The second-order valence-corrected chi connectivity index (χ2v) is 4.78. The molecule has 1 rings (SSSR count). The van der Waals surface area contributed by atoms with Gasteiger partial charge in [0.15, 0.2) is 0 Å². The van der Waals surface area contributed by atoms with Crippen LogP contribution in [0, 0.1) is 11.3 Å². The van der Waals surface area contributed by atoms with Crippen molar-refractivity contribution in [3.8, 4) is 6.07 Å². The number of rotatable bonds is 2. The summed E-state index contributed by atoms with van der Waals surface area (Å²) in [6.45, 7) is 0. The van der Waals surface area contributed by atoms with Crippen LogP contribution in [0.4, 0.5) is 4.39 Å². The van der Waals surface area contributed by atoms with Gasteiger partial charge in [-0.3, -0.25) is 0 Å². The second kappa shape index (κ2) is 3.56. The normalized spacial score (nSPS) is 11.2. The lowest BCUT2D eigenvalue weighted by atomic mass is 10.4. The highest BCUT2D eigenvalue weighted by atomic mass is 35.5. The van der Waals surface area contributed by atoms with Gasteiger partial charge in [0.1, 0.15) is 6.07 Å². The molecule has 0 fully saturated rings. The highest BCUT2D eigenvalue weighted by Crippen LogP contribution is 2.42. The molecular weight excluding hydrogens is 222 g/mol. The number of nitriles is 1. The Morgan fingerprint density at radius 2 is 2.25 bits per heavy atom. The molecule has 0 unspecified atom stereocenters. The average Bonchev–Trinajstić information content (AvgIpc) is 2.31. The molecule has 0 radical (unpaired) electrons. The minimum atomic E-state index is -2.40. The Hall–Kier alpha value is -0.370. The van der Waals surface area contributed by atoms with Crippen molar-refractivity contribution in [1.29, 1.82) is 5.26 Å². The van der Waals surface area contributed by atoms with Gasteiger partial charge in [-0.1, -0.05) is 23.2 Å². The molecule has 0 saturated heterocycles. The summed E-state index contributed by atoms with van der Waals surface area (Å²) in [5, 5.41) is 8.51. The summed E-state index contributed by atoms with van der Waals surface area (Å²) in [4.78, 5) is 3.04. The number of halogens is 3. The van der Waals surface area contributed by atoms with Crippen molar-refractivity contribution in [2.24, 2.45) is 0 Å².